The zero-order valence-electron chi connectivity index (χ0n) is 17.5. The van der Waals surface area contributed by atoms with Crippen molar-refractivity contribution in [2.45, 2.75) is 102 Å². The predicted octanol–water partition coefficient (Wildman–Crippen LogP) is 5.59. The molecule has 1 aromatic carbocycles. The third-order valence-corrected chi connectivity index (χ3v) is 6.48. The van der Waals surface area contributed by atoms with E-state index < -0.39 is 15.7 Å². The van der Waals surface area contributed by atoms with E-state index in [9.17, 15) is 8.42 Å². The number of aryl methyl sites for hydroxylation is 1. The summed E-state index contributed by atoms with van der Waals surface area (Å²) in [6.07, 6.45) is 13.4. The Morgan fingerprint density at radius 3 is 1.96 bits per heavy atom. The number of hydrogen-bond acceptors (Lipinski definition) is 4. The molecule has 0 saturated heterocycles. The molecule has 0 unspecified atom stereocenters. The average Bonchev–Trinajstić information content (AvgIpc) is 2.63. The molecule has 0 heterocycles. The minimum atomic E-state index is -3.80. The van der Waals surface area contributed by atoms with Crippen molar-refractivity contribution in [2.24, 2.45) is 5.73 Å². The van der Waals surface area contributed by atoms with Crippen LogP contribution in [0.3, 0.4) is 0 Å². The van der Waals surface area contributed by atoms with Crippen molar-refractivity contribution in [3.05, 3.63) is 29.8 Å². The van der Waals surface area contributed by atoms with Gasteiger partial charge < -0.3 is 5.73 Å². The molecule has 156 valence electrons. The van der Waals surface area contributed by atoms with E-state index in [1.165, 1.54) is 51.4 Å². The van der Waals surface area contributed by atoms with Gasteiger partial charge in [-0.25, -0.2) is 0 Å². The largest absolute Gasteiger partial charge is 0.328 e. The van der Waals surface area contributed by atoms with Gasteiger partial charge in [-0.15, -0.1) is 0 Å². The first-order valence-corrected chi connectivity index (χ1v) is 12.0. The number of benzene rings is 1. The first-order valence-electron chi connectivity index (χ1n) is 10.6. The second-order valence-electron chi connectivity index (χ2n) is 8.04. The molecule has 0 aliphatic carbocycles. The highest BCUT2D eigenvalue weighted by Gasteiger charge is 2.28. The molecular formula is C22H39NO3S. The molecule has 0 saturated carbocycles. The van der Waals surface area contributed by atoms with Crippen molar-refractivity contribution >= 4 is 10.1 Å². The van der Waals surface area contributed by atoms with E-state index in [1.54, 1.807) is 26.0 Å². The summed E-state index contributed by atoms with van der Waals surface area (Å²) < 4.78 is 30.6. The normalized spacial score (nSPS) is 12.4. The van der Waals surface area contributed by atoms with Crippen LogP contribution in [0.25, 0.3) is 0 Å². The van der Waals surface area contributed by atoms with E-state index in [0.717, 1.165) is 24.8 Å². The van der Waals surface area contributed by atoms with Crippen molar-refractivity contribution in [2.75, 3.05) is 6.54 Å². The van der Waals surface area contributed by atoms with Gasteiger partial charge in [-0.3, -0.25) is 4.18 Å². The number of hydrogen-bond donors (Lipinski definition) is 1. The van der Waals surface area contributed by atoms with E-state index in [0.29, 0.717) is 0 Å². The van der Waals surface area contributed by atoms with Crippen LogP contribution in [0.2, 0.25) is 0 Å². The van der Waals surface area contributed by atoms with Gasteiger partial charge in [-0.1, -0.05) is 82.9 Å². The van der Waals surface area contributed by atoms with Gasteiger partial charge in [-0.2, -0.15) is 8.42 Å². The van der Waals surface area contributed by atoms with Crippen molar-refractivity contribution in [3.63, 3.8) is 0 Å². The fourth-order valence-electron chi connectivity index (χ4n) is 3.13. The standard InChI is InChI=1S/C22H39NO3S/c1-4-5-6-7-8-9-10-11-12-13-16-20-17-14-15-18-21(20)27(24,25)26-22(2,3)19-23/h14-15,17-18H,4-13,16,19,23H2,1-3H3. The molecule has 27 heavy (non-hydrogen) atoms. The van der Waals surface area contributed by atoms with Gasteiger partial charge in [-0.05, 0) is 38.3 Å². The molecule has 2 N–H and O–H groups in total. The number of nitrogens with two attached hydrogens (primary N) is 1. The van der Waals surface area contributed by atoms with E-state index >= 15 is 0 Å². The van der Waals surface area contributed by atoms with Crippen LogP contribution in [0.15, 0.2) is 29.2 Å². The Morgan fingerprint density at radius 2 is 1.41 bits per heavy atom. The van der Waals surface area contributed by atoms with Gasteiger partial charge >= 0.3 is 0 Å². The summed E-state index contributed by atoms with van der Waals surface area (Å²) >= 11 is 0. The van der Waals surface area contributed by atoms with Crippen LogP contribution in [0.1, 0.15) is 90.5 Å². The Morgan fingerprint density at radius 1 is 0.889 bits per heavy atom. The molecule has 0 aliphatic rings. The topological polar surface area (TPSA) is 69.4 Å². The van der Waals surface area contributed by atoms with Gasteiger partial charge in [0.25, 0.3) is 10.1 Å². The Hall–Kier alpha value is -0.910. The third-order valence-electron chi connectivity index (χ3n) is 4.87. The highest BCUT2D eigenvalue weighted by molar-refractivity contribution is 7.86. The van der Waals surface area contributed by atoms with Crippen molar-refractivity contribution in [1.29, 1.82) is 0 Å². The molecule has 0 atom stereocenters. The van der Waals surface area contributed by atoms with Gasteiger partial charge in [0, 0.05) is 6.54 Å². The Balaban J connectivity index is 2.42. The summed E-state index contributed by atoms with van der Waals surface area (Å²) in [5, 5.41) is 0. The zero-order valence-corrected chi connectivity index (χ0v) is 18.3. The minimum Gasteiger partial charge on any atom is -0.328 e. The van der Waals surface area contributed by atoms with E-state index in [2.05, 4.69) is 6.92 Å². The lowest BCUT2D eigenvalue weighted by atomic mass is 10.0. The summed E-state index contributed by atoms with van der Waals surface area (Å²) in [5.41, 5.74) is 5.55. The van der Waals surface area contributed by atoms with E-state index in [4.69, 9.17) is 9.92 Å². The summed E-state index contributed by atoms with van der Waals surface area (Å²) in [7, 11) is -3.80. The van der Waals surface area contributed by atoms with Crippen LogP contribution in [-0.2, 0) is 20.7 Å². The Kier molecular flexibility index (Phi) is 11.2. The van der Waals surface area contributed by atoms with Gasteiger partial charge in [0.05, 0.1) is 10.5 Å². The van der Waals surface area contributed by atoms with Crippen molar-refractivity contribution in [3.8, 4) is 0 Å². The van der Waals surface area contributed by atoms with Crippen LogP contribution in [-0.4, -0.2) is 20.6 Å². The monoisotopic (exact) mass is 397 g/mol. The molecule has 1 aromatic rings. The average molecular weight is 398 g/mol. The van der Waals surface area contributed by atoms with E-state index in [-0.39, 0.29) is 11.4 Å². The summed E-state index contributed by atoms with van der Waals surface area (Å²) in [6.45, 7) is 5.77. The highest BCUT2D eigenvalue weighted by Crippen LogP contribution is 2.24. The molecule has 0 spiro atoms. The minimum absolute atomic E-state index is 0.146. The Labute approximate surface area is 167 Å². The lowest BCUT2D eigenvalue weighted by Gasteiger charge is -2.23. The van der Waals surface area contributed by atoms with Gasteiger partial charge in [0.1, 0.15) is 0 Å². The molecule has 1 rings (SSSR count). The molecule has 5 heteroatoms. The molecular weight excluding hydrogens is 358 g/mol. The van der Waals surface area contributed by atoms with Crippen LogP contribution in [0.4, 0.5) is 0 Å². The molecule has 0 radical (unpaired) electrons. The SMILES string of the molecule is CCCCCCCCCCCCc1ccccc1S(=O)(=O)OC(C)(C)CN. The fraction of sp³-hybridized carbons (Fsp3) is 0.727. The molecule has 0 fully saturated rings. The second-order valence-corrected chi connectivity index (χ2v) is 9.56. The Bertz CT molecular complexity index is 626. The number of unbranched alkanes of at least 4 members (excludes halogenated alkanes) is 9. The first kappa shape index (κ1) is 24.1. The quantitative estimate of drug-likeness (QED) is 0.309. The molecule has 0 aromatic heterocycles. The van der Waals surface area contributed by atoms with Gasteiger partial charge in [0.15, 0.2) is 0 Å². The molecule has 0 bridgehead atoms. The summed E-state index contributed by atoms with van der Waals surface area (Å²) in [4.78, 5) is 0.280. The van der Waals surface area contributed by atoms with Gasteiger partial charge in [0.2, 0.25) is 0 Å². The number of rotatable bonds is 15. The molecule has 4 nitrogen and oxygen atoms in total. The third kappa shape index (κ3) is 9.72. The van der Waals surface area contributed by atoms with Crippen molar-refractivity contribution < 1.29 is 12.6 Å². The molecule has 0 amide bonds. The van der Waals surface area contributed by atoms with Crippen LogP contribution >= 0.6 is 0 Å². The van der Waals surface area contributed by atoms with Crippen molar-refractivity contribution in [1.82, 2.24) is 0 Å². The van der Waals surface area contributed by atoms with Crippen LogP contribution < -0.4 is 5.73 Å². The smallest absolute Gasteiger partial charge is 0.297 e. The maximum Gasteiger partial charge on any atom is 0.297 e. The summed E-state index contributed by atoms with van der Waals surface area (Å²) in [5.74, 6) is 0. The predicted molar refractivity (Wildman–Crippen MR) is 113 cm³/mol. The first-order chi connectivity index (χ1) is 12.8. The van der Waals surface area contributed by atoms with Crippen LogP contribution in [0.5, 0.6) is 0 Å². The van der Waals surface area contributed by atoms with E-state index in [1.807, 2.05) is 12.1 Å². The second kappa shape index (κ2) is 12.5. The fourth-order valence-corrected chi connectivity index (χ4v) is 4.62. The zero-order chi connectivity index (χ0) is 20.2. The lowest BCUT2D eigenvalue weighted by Crippen LogP contribution is -2.36. The highest BCUT2D eigenvalue weighted by atomic mass is 32.2. The maximum atomic E-state index is 12.6. The maximum absolute atomic E-state index is 12.6. The molecule has 0 aliphatic heterocycles. The summed E-state index contributed by atoms with van der Waals surface area (Å²) in [6, 6.07) is 7.15. The van der Waals surface area contributed by atoms with Crippen LogP contribution in [0, 0.1) is 0 Å². The lowest BCUT2D eigenvalue weighted by molar-refractivity contribution is 0.127.